The summed E-state index contributed by atoms with van der Waals surface area (Å²) in [5.41, 5.74) is 0. The summed E-state index contributed by atoms with van der Waals surface area (Å²) in [6.45, 7) is 5.77. The molecule has 2 heterocycles. The molecule has 1 aliphatic rings. The molecule has 1 N–H and O–H groups in total. The van der Waals surface area contributed by atoms with Crippen molar-refractivity contribution in [3.05, 3.63) is 5.82 Å². The van der Waals surface area contributed by atoms with Crippen molar-refractivity contribution in [1.82, 2.24) is 14.8 Å². The van der Waals surface area contributed by atoms with Crippen LogP contribution < -0.4 is 0 Å². The number of carboxylic acids is 1. The van der Waals surface area contributed by atoms with Gasteiger partial charge < -0.3 is 14.4 Å². The van der Waals surface area contributed by atoms with Gasteiger partial charge in [0.2, 0.25) is 0 Å². The van der Waals surface area contributed by atoms with Gasteiger partial charge in [0, 0.05) is 13.2 Å². The van der Waals surface area contributed by atoms with Crippen LogP contribution in [0.3, 0.4) is 0 Å². The number of ether oxygens (including phenoxy) is 1. The Bertz CT molecular complexity index is 441. The summed E-state index contributed by atoms with van der Waals surface area (Å²) < 4.78 is 7.66. The first-order valence-corrected chi connectivity index (χ1v) is 7.45. The number of carbonyl (C=O) groups is 1. The van der Waals surface area contributed by atoms with Crippen LogP contribution in [0, 0.1) is 5.92 Å². The molecule has 1 fully saturated rings. The molecule has 0 radical (unpaired) electrons. The summed E-state index contributed by atoms with van der Waals surface area (Å²) >= 11 is 1.21. The minimum Gasteiger partial charge on any atom is -0.481 e. The molecule has 1 atom stereocenters. The first kappa shape index (κ1) is 14.3. The molecule has 1 aromatic heterocycles. The van der Waals surface area contributed by atoms with E-state index in [2.05, 4.69) is 24.0 Å². The molecule has 1 aromatic rings. The third-order valence-electron chi connectivity index (χ3n) is 2.84. The molecule has 0 aromatic carbocycles. The highest BCUT2D eigenvalue weighted by Crippen LogP contribution is 2.30. The minimum absolute atomic E-state index is 0.00174. The Morgan fingerprint density at radius 2 is 2.37 bits per heavy atom. The van der Waals surface area contributed by atoms with Crippen molar-refractivity contribution >= 4 is 17.7 Å². The van der Waals surface area contributed by atoms with Crippen molar-refractivity contribution in [1.29, 1.82) is 0 Å². The van der Waals surface area contributed by atoms with Crippen LogP contribution in [0.2, 0.25) is 0 Å². The number of rotatable bonds is 6. The molecule has 19 heavy (non-hydrogen) atoms. The van der Waals surface area contributed by atoms with Crippen molar-refractivity contribution in [2.45, 2.75) is 44.5 Å². The van der Waals surface area contributed by atoms with Crippen LogP contribution in [0.5, 0.6) is 0 Å². The number of carboxylic acid groups (broad SMARTS) is 1. The first-order valence-electron chi connectivity index (χ1n) is 6.47. The van der Waals surface area contributed by atoms with E-state index in [4.69, 9.17) is 9.84 Å². The van der Waals surface area contributed by atoms with E-state index in [0.29, 0.717) is 11.1 Å². The molecule has 2 rings (SSSR count). The van der Waals surface area contributed by atoms with Gasteiger partial charge >= 0.3 is 5.97 Å². The largest absolute Gasteiger partial charge is 0.481 e. The van der Waals surface area contributed by atoms with Crippen molar-refractivity contribution in [2.75, 3.05) is 12.4 Å². The van der Waals surface area contributed by atoms with Crippen LogP contribution >= 0.6 is 11.8 Å². The highest BCUT2D eigenvalue weighted by atomic mass is 32.2. The van der Waals surface area contributed by atoms with Crippen LogP contribution in [0.1, 0.15) is 38.6 Å². The Labute approximate surface area is 116 Å². The Kier molecular flexibility index (Phi) is 4.81. The van der Waals surface area contributed by atoms with Gasteiger partial charge in [-0.1, -0.05) is 25.6 Å². The zero-order chi connectivity index (χ0) is 13.8. The molecule has 0 saturated carbocycles. The predicted octanol–water partition coefficient (Wildman–Crippen LogP) is 1.96. The van der Waals surface area contributed by atoms with Crippen molar-refractivity contribution in [3.63, 3.8) is 0 Å². The summed E-state index contributed by atoms with van der Waals surface area (Å²) in [5, 5.41) is 17.8. The lowest BCUT2D eigenvalue weighted by atomic mass is 10.2. The number of hydrogen-bond donors (Lipinski definition) is 1. The van der Waals surface area contributed by atoms with E-state index in [1.54, 1.807) is 0 Å². The van der Waals surface area contributed by atoms with E-state index in [-0.39, 0.29) is 11.9 Å². The summed E-state index contributed by atoms with van der Waals surface area (Å²) in [7, 11) is 0. The third kappa shape index (κ3) is 3.70. The van der Waals surface area contributed by atoms with Crippen LogP contribution in [-0.4, -0.2) is 38.2 Å². The molecule has 6 nitrogen and oxygen atoms in total. The molecule has 1 unspecified atom stereocenters. The van der Waals surface area contributed by atoms with Crippen LogP contribution in [-0.2, 0) is 16.1 Å². The summed E-state index contributed by atoms with van der Waals surface area (Å²) in [4.78, 5) is 10.7. The van der Waals surface area contributed by atoms with Gasteiger partial charge in [-0.15, -0.1) is 10.2 Å². The minimum atomic E-state index is -0.845. The van der Waals surface area contributed by atoms with Gasteiger partial charge in [0.25, 0.3) is 0 Å². The van der Waals surface area contributed by atoms with E-state index in [1.807, 2.05) is 4.57 Å². The molecule has 7 heteroatoms. The lowest BCUT2D eigenvalue weighted by molar-refractivity contribution is -0.133. The summed E-state index contributed by atoms with van der Waals surface area (Å²) in [6, 6.07) is 0. The predicted molar refractivity (Wildman–Crippen MR) is 71.1 cm³/mol. The Morgan fingerprint density at radius 1 is 1.58 bits per heavy atom. The second kappa shape index (κ2) is 6.38. The molecule has 1 saturated heterocycles. The third-order valence-corrected chi connectivity index (χ3v) is 3.79. The first-order chi connectivity index (χ1) is 9.08. The number of aromatic nitrogens is 3. The van der Waals surface area contributed by atoms with Gasteiger partial charge in [0.1, 0.15) is 6.10 Å². The number of thioether (sulfide) groups is 1. The van der Waals surface area contributed by atoms with Crippen LogP contribution in [0.4, 0.5) is 0 Å². The fourth-order valence-electron chi connectivity index (χ4n) is 2.09. The Morgan fingerprint density at radius 3 is 2.95 bits per heavy atom. The summed E-state index contributed by atoms with van der Waals surface area (Å²) in [5.74, 6) is 0.434. The zero-order valence-electron chi connectivity index (χ0n) is 11.2. The maximum absolute atomic E-state index is 10.7. The van der Waals surface area contributed by atoms with E-state index in [9.17, 15) is 4.79 Å². The van der Waals surface area contributed by atoms with Gasteiger partial charge in [-0.2, -0.15) is 0 Å². The number of hydrogen-bond acceptors (Lipinski definition) is 5. The average Bonchev–Trinajstić information content (AvgIpc) is 2.94. The van der Waals surface area contributed by atoms with Gasteiger partial charge in [-0.05, 0) is 18.8 Å². The van der Waals surface area contributed by atoms with E-state index in [1.165, 1.54) is 11.8 Å². The fourth-order valence-corrected chi connectivity index (χ4v) is 2.76. The van der Waals surface area contributed by atoms with E-state index in [0.717, 1.165) is 31.8 Å². The smallest absolute Gasteiger partial charge is 0.313 e. The van der Waals surface area contributed by atoms with Crippen LogP contribution in [0.25, 0.3) is 0 Å². The van der Waals surface area contributed by atoms with Gasteiger partial charge in [0.15, 0.2) is 11.0 Å². The van der Waals surface area contributed by atoms with Gasteiger partial charge in [0.05, 0.1) is 5.75 Å². The summed E-state index contributed by atoms with van der Waals surface area (Å²) in [6.07, 6.45) is 2.00. The lowest BCUT2D eigenvalue weighted by Crippen LogP contribution is -2.13. The molecule has 0 amide bonds. The quantitative estimate of drug-likeness (QED) is 0.805. The highest BCUT2D eigenvalue weighted by molar-refractivity contribution is 7.99. The Hall–Kier alpha value is -1.08. The molecular formula is C12H19N3O3S. The van der Waals surface area contributed by atoms with Crippen LogP contribution in [0.15, 0.2) is 5.16 Å². The van der Waals surface area contributed by atoms with E-state index >= 15 is 0 Å². The standard InChI is InChI=1S/C12H19N3O3S/c1-8(2)6-15-11(9-4-3-5-18-9)13-14-12(15)19-7-10(16)17/h8-9H,3-7H2,1-2H3,(H,16,17). The molecule has 0 bridgehead atoms. The zero-order valence-corrected chi connectivity index (χ0v) is 12.0. The Balaban J connectivity index is 2.19. The monoisotopic (exact) mass is 285 g/mol. The molecular weight excluding hydrogens is 266 g/mol. The average molecular weight is 285 g/mol. The second-order valence-electron chi connectivity index (χ2n) is 5.03. The number of aliphatic carboxylic acids is 1. The highest BCUT2D eigenvalue weighted by Gasteiger charge is 2.25. The second-order valence-corrected chi connectivity index (χ2v) is 5.97. The SMILES string of the molecule is CC(C)Cn1c(SCC(=O)O)nnc1C1CCCO1. The number of nitrogens with zero attached hydrogens (tertiary/aromatic N) is 3. The maximum atomic E-state index is 10.7. The fraction of sp³-hybridized carbons (Fsp3) is 0.750. The van der Waals surface area contributed by atoms with Crippen molar-refractivity contribution in [2.24, 2.45) is 5.92 Å². The maximum Gasteiger partial charge on any atom is 0.313 e. The van der Waals surface area contributed by atoms with Gasteiger partial charge in [-0.3, -0.25) is 4.79 Å². The van der Waals surface area contributed by atoms with Gasteiger partial charge in [-0.25, -0.2) is 0 Å². The van der Waals surface area contributed by atoms with Crippen molar-refractivity contribution in [3.8, 4) is 0 Å². The lowest BCUT2D eigenvalue weighted by Gasteiger charge is -2.15. The van der Waals surface area contributed by atoms with Crippen molar-refractivity contribution < 1.29 is 14.6 Å². The van der Waals surface area contributed by atoms with E-state index < -0.39 is 5.97 Å². The molecule has 106 valence electrons. The molecule has 0 aliphatic carbocycles. The molecule has 0 spiro atoms. The normalized spacial score (nSPS) is 19.2. The molecule has 1 aliphatic heterocycles. The topological polar surface area (TPSA) is 77.2 Å².